The molecule has 3 heterocycles. The van der Waals surface area contributed by atoms with E-state index in [0.29, 0.717) is 43.6 Å². The molecule has 158 valence electrons. The number of nitrogens with zero attached hydrogens (tertiary/aromatic N) is 5. The van der Waals surface area contributed by atoms with Crippen molar-refractivity contribution < 1.29 is 27.1 Å². The number of alkyl halides is 3. The summed E-state index contributed by atoms with van der Waals surface area (Å²) >= 11 is 0. The number of ether oxygens (including phenoxy) is 1. The van der Waals surface area contributed by atoms with Gasteiger partial charge in [-0.2, -0.15) is 18.2 Å². The van der Waals surface area contributed by atoms with E-state index in [9.17, 15) is 18.0 Å². The van der Waals surface area contributed by atoms with E-state index in [-0.39, 0.29) is 13.1 Å². The highest BCUT2D eigenvalue weighted by Crippen LogP contribution is 2.20. The second-order valence-corrected chi connectivity index (χ2v) is 6.63. The normalized spacial score (nSPS) is 15.4. The molecule has 0 radical (unpaired) electrons. The van der Waals surface area contributed by atoms with Crippen LogP contribution in [0.1, 0.15) is 5.76 Å². The maximum Gasteiger partial charge on any atom is 0.406 e. The topological polar surface area (TPSA) is 74.9 Å². The Balaban J connectivity index is 1.56. The zero-order valence-electron chi connectivity index (χ0n) is 15.9. The van der Waals surface area contributed by atoms with Gasteiger partial charge < -0.3 is 19.0 Å². The Kier molecular flexibility index (Phi) is 6.57. The molecule has 0 saturated carbocycles. The minimum Gasteiger partial charge on any atom is -0.480 e. The molecule has 1 amide bonds. The van der Waals surface area contributed by atoms with Crippen LogP contribution >= 0.6 is 0 Å². The minimum atomic E-state index is -4.48. The van der Waals surface area contributed by atoms with Crippen molar-refractivity contribution in [3.8, 4) is 5.88 Å². The van der Waals surface area contributed by atoms with Crippen LogP contribution in [0.25, 0.3) is 0 Å². The highest BCUT2D eigenvalue weighted by atomic mass is 19.4. The quantitative estimate of drug-likeness (QED) is 0.685. The lowest BCUT2D eigenvalue weighted by Gasteiger charge is -2.35. The first kappa shape index (κ1) is 20.9. The molecule has 0 aromatic carbocycles. The summed E-state index contributed by atoms with van der Waals surface area (Å²) in [5.74, 6) is 0.782. The van der Waals surface area contributed by atoms with Crippen LogP contribution in [-0.4, -0.2) is 78.2 Å². The summed E-state index contributed by atoms with van der Waals surface area (Å²) in [6.45, 7) is 0.570. The molecule has 0 unspecified atom stereocenters. The average molecular weight is 413 g/mol. The van der Waals surface area contributed by atoms with E-state index in [2.05, 4.69) is 9.97 Å². The SMILES string of the molecule is COc1cncc(N2CCN(CC(=O)N(Cc3ccco3)CC(F)(F)F)CC2)n1. The zero-order chi connectivity index (χ0) is 20.9. The van der Waals surface area contributed by atoms with E-state index in [0.717, 1.165) is 4.90 Å². The molecule has 3 rings (SSSR count). The molecule has 8 nitrogen and oxygen atoms in total. The zero-order valence-corrected chi connectivity index (χ0v) is 15.9. The fourth-order valence-electron chi connectivity index (χ4n) is 3.05. The monoisotopic (exact) mass is 413 g/mol. The summed E-state index contributed by atoms with van der Waals surface area (Å²) in [5, 5.41) is 0. The largest absolute Gasteiger partial charge is 0.480 e. The molecule has 0 N–H and O–H groups in total. The minimum absolute atomic E-state index is 0.0889. The second-order valence-electron chi connectivity index (χ2n) is 6.63. The second kappa shape index (κ2) is 9.12. The highest BCUT2D eigenvalue weighted by Gasteiger charge is 2.34. The summed E-state index contributed by atoms with van der Waals surface area (Å²) in [5.41, 5.74) is 0. The maximum absolute atomic E-state index is 12.9. The fourth-order valence-corrected chi connectivity index (χ4v) is 3.05. The number of aromatic nitrogens is 2. The summed E-state index contributed by atoms with van der Waals surface area (Å²) in [6, 6.07) is 3.12. The summed E-state index contributed by atoms with van der Waals surface area (Å²) in [6.07, 6.45) is 0.0166. The molecule has 1 aliphatic rings. The molecule has 2 aromatic rings. The number of methoxy groups -OCH3 is 1. The molecule has 0 spiro atoms. The number of carbonyl (C=O) groups excluding carboxylic acids is 1. The van der Waals surface area contributed by atoms with Crippen molar-refractivity contribution >= 4 is 11.7 Å². The van der Waals surface area contributed by atoms with E-state index < -0.39 is 18.6 Å². The van der Waals surface area contributed by atoms with Gasteiger partial charge >= 0.3 is 6.18 Å². The molecular formula is C18H22F3N5O3. The Labute approximate surface area is 165 Å². The first-order chi connectivity index (χ1) is 13.8. The van der Waals surface area contributed by atoms with Crippen LogP contribution in [0.4, 0.5) is 19.0 Å². The molecule has 29 heavy (non-hydrogen) atoms. The number of hydrogen-bond acceptors (Lipinski definition) is 7. The van der Waals surface area contributed by atoms with Gasteiger partial charge in [-0.3, -0.25) is 14.7 Å². The standard InChI is InChI=1S/C18H22F3N5O3/c1-28-16-10-22-9-15(23-16)25-6-4-24(5-7-25)12-17(27)26(13-18(19,20)21)11-14-3-2-8-29-14/h2-3,8-10H,4-7,11-13H2,1H3. The van der Waals surface area contributed by atoms with Gasteiger partial charge in [0.25, 0.3) is 0 Å². The Morgan fingerprint density at radius 1 is 1.28 bits per heavy atom. The third-order valence-corrected chi connectivity index (χ3v) is 4.51. The average Bonchev–Trinajstić information content (AvgIpc) is 3.20. The van der Waals surface area contributed by atoms with Crippen LogP contribution in [-0.2, 0) is 11.3 Å². The number of amides is 1. The van der Waals surface area contributed by atoms with Gasteiger partial charge in [-0.1, -0.05) is 0 Å². The molecular weight excluding hydrogens is 391 g/mol. The van der Waals surface area contributed by atoms with Crippen molar-refractivity contribution in [2.45, 2.75) is 12.7 Å². The predicted octanol–water partition coefficient (Wildman–Crippen LogP) is 1.79. The first-order valence-electron chi connectivity index (χ1n) is 9.04. The number of rotatable bonds is 7. The lowest BCUT2D eigenvalue weighted by atomic mass is 10.3. The van der Waals surface area contributed by atoms with E-state index in [1.54, 1.807) is 18.3 Å². The van der Waals surface area contributed by atoms with E-state index >= 15 is 0 Å². The van der Waals surface area contributed by atoms with Crippen molar-refractivity contribution in [1.82, 2.24) is 19.8 Å². The van der Waals surface area contributed by atoms with Crippen LogP contribution in [0.2, 0.25) is 0 Å². The summed E-state index contributed by atoms with van der Waals surface area (Å²) in [7, 11) is 1.51. The van der Waals surface area contributed by atoms with Crippen LogP contribution in [0.3, 0.4) is 0 Å². The van der Waals surface area contributed by atoms with Crippen LogP contribution in [0, 0.1) is 0 Å². The Morgan fingerprint density at radius 2 is 2.03 bits per heavy atom. The number of hydrogen-bond donors (Lipinski definition) is 0. The van der Waals surface area contributed by atoms with Gasteiger partial charge in [0.15, 0.2) is 5.82 Å². The van der Waals surface area contributed by atoms with Gasteiger partial charge in [0.05, 0.1) is 38.9 Å². The molecule has 0 bridgehead atoms. The molecule has 1 aliphatic heterocycles. The number of halogens is 3. The summed E-state index contributed by atoms with van der Waals surface area (Å²) < 4.78 is 48.9. The third kappa shape index (κ3) is 6.08. The Morgan fingerprint density at radius 3 is 2.66 bits per heavy atom. The van der Waals surface area contributed by atoms with Crippen LogP contribution < -0.4 is 9.64 Å². The number of furan rings is 1. The molecule has 1 fully saturated rings. The van der Waals surface area contributed by atoms with Crippen molar-refractivity contribution in [2.24, 2.45) is 0 Å². The highest BCUT2D eigenvalue weighted by molar-refractivity contribution is 5.78. The van der Waals surface area contributed by atoms with Gasteiger partial charge in [-0.25, -0.2) is 0 Å². The molecule has 11 heteroatoms. The first-order valence-corrected chi connectivity index (χ1v) is 9.04. The van der Waals surface area contributed by atoms with Crippen molar-refractivity contribution in [1.29, 1.82) is 0 Å². The maximum atomic E-state index is 12.9. The molecule has 0 atom stereocenters. The van der Waals surface area contributed by atoms with Crippen molar-refractivity contribution in [3.05, 3.63) is 36.5 Å². The van der Waals surface area contributed by atoms with Crippen LogP contribution in [0.15, 0.2) is 35.2 Å². The smallest absolute Gasteiger partial charge is 0.406 e. The lowest BCUT2D eigenvalue weighted by Crippen LogP contribution is -2.51. The molecule has 1 saturated heterocycles. The Bertz CT molecular complexity index is 792. The van der Waals surface area contributed by atoms with Gasteiger partial charge in [-0.05, 0) is 12.1 Å². The number of carbonyl (C=O) groups is 1. The molecule has 2 aromatic heterocycles. The fraction of sp³-hybridized carbons (Fsp3) is 0.500. The number of piperazine rings is 1. The lowest BCUT2D eigenvalue weighted by molar-refractivity contribution is -0.163. The van der Waals surface area contributed by atoms with Gasteiger partial charge in [0, 0.05) is 26.2 Å². The molecule has 0 aliphatic carbocycles. The van der Waals surface area contributed by atoms with E-state index in [1.165, 1.54) is 19.6 Å². The van der Waals surface area contributed by atoms with Crippen molar-refractivity contribution in [2.75, 3.05) is 51.3 Å². The third-order valence-electron chi connectivity index (χ3n) is 4.51. The van der Waals surface area contributed by atoms with Crippen LogP contribution in [0.5, 0.6) is 5.88 Å². The van der Waals surface area contributed by atoms with E-state index in [1.807, 2.05) is 9.80 Å². The van der Waals surface area contributed by atoms with E-state index in [4.69, 9.17) is 9.15 Å². The van der Waals surface area contributed by atoms with Gasteiger partial charge in [0.1, 0.15) is 12.3 Å². The summed E-state index contributed by atoms with van der Waals surface area (Å²) in [4.78, 5) is 25.5. The Hall–Kier alpha value is -2.82. The van der Waals surface area contributed by atoms with Gasteiger partial charge in [-0.15, -0.1) is 0 Å². The number of anilines is 1. The van der Waals surface area contributed by atoms with Crippen molar-refractivity contribution in [3.63, 3.8) is 0 Å². The predicted molar refractivity (Wildman–Crippen MR) is 97.4 cm³/mol. The van der Waals surface area contributed by atoms with Gasteiger partial charge in [0.2, 0.25) is 11.8 Å².